The van der Waals surface area contributed by atoms with Crippen molar-refractivity contribution in [3.63, 3.8) is 0 Å². The molecular weight excluding hydrogens is 238 g/mol. The highest BCUT2D eigenvalue weighted by molar-refractivity contribution is 5.02. The lowest BCUT2D eigenvalue weighted by molar-refractivity contribution is -0.0390. The SMILES string of the molecule is FC1(F)CCC(c2nncn2C2CCNC2)CC1. The van der Waals surface area contributed by atoms with E-state index in [2.05, 4.69) is 20.1 Å². The average Bonchev–Trinajstić information content (AvgIpc) is 2.99. The van der Waals surface area contributed by atoms with Gasteiger partial charge in [0.2, 0.25) is 5.92 Å². The van der Waals surface area contributed by atoms with Crippen molar-refractivity contribution in [2.24, 2.45) is 0 Å². The fourth-order valence-electron chi connectivity index (χ4n) is 3.00. The number of hydrogen-bond donors (Lipinski definition) is 1. The Bertz CT molecular complexity index is 402. The van der Waals surface area contributed by atoms with E-state index in [-0.39, 0.29) is 18.8 Å². The van der Waals surface area contributed by atoms with Gasteiger partial charge in [-0.05, 0) is 25.8 Å². The summed E-state index contributed by atoms with van der Waals surface area (Å²) >= 11 is 0. The molecule has 1 saturated carbocycles. The van der Waals surface area contributed by atoms with Gasteiger partial charge in [0.1, 0.15) is 12.2 Å². The second-order valence-corrected chi connectivity index (χ2v) is 5.37. The van der Waals surface area contributed by atoms with E-state index in [1.807, 2.05) is 0 Å². The Morgan fingerprint density at radius 1 is 1.28 bits per heavy atom. The molecule has 1 N–H and O–H groups in total. The minimum absolute atomic E-state index is 0.0204. The normalized spacial score (nSPS) is 28.7. The minimum Gasteiger partial charge on any atom is -0.315 e. The standard InChI is InChI=1S/C12H18F2N4/c13-12(14)4-1-9(2-5-12)11-17-16-8-18(11)10-3-6-15-7-10/h8-10,15H,1-7H2. The van der Waals surface area contributed by atoms with Crippen LogP contribution in [0.25, 0.3) is 0 Å². The third kappa shape index (κ3) is 2.25. The molecule has 2 fully saturated rings. The molecule has 1 saturated heterocycles. The van der Waals surface area contributed by atoms with Crippen LogP contribution in [0.5, 0.6) is 0 Å². The first-order chi connectivity index (χ1) is 8.66. The molecule has 1 unspecified atom stereocenters. The highest BCUT2D eigenvalue weighted by Crippen LogP contribution is 2.40. The molecule has 1 aliphatic carbocycles. The van der Waals surface area contributed by atoms with Crippen molar-refractivity contribution in [3.05, 3.63) is 12.2 Å². The Morgan fingerprint density at radius 2 is 2.06 bits per heavy atom. The third-order valence-corrected chi connectivity index (χ3v) is 4.11. The summed E-state index contributed by atoms with van der Waals surface area (Å²) in [5, 5.41) is 11.5. The van der Waals surface area contributed by atoms with Gasteiger partial charge in [-0.1, -0.05) is 0 Å². The first-order valence-corrected chi connectivity index (χ1v) is 6.64. The van der Waals surface area contributed by atoms with E-state index in [9.17, 15) is 8.78 Å². The summed E-state index contributed by atoms with van der Waals surface area (Å²) in [5.74, 6) is -1.43. The van der Waals surface area contributed by atoms with Crippen LogP contribution >= 0.6 is 0 Å². The van der Waals surface area contributed by atoms with Crippen LogP contribution in [0, 0.1) is 0 Å². The number of rotatable bonds is 2. The summed E-state index contributed by atoms with van der Waals surface area (Å²) in [6.07, 6.45) is 3.81. The van der Waals surface area contributed by atoms with Gasteiger partial charge >= 0.3 is 0 Å². The molecule has 1 aromatic heterocycles. The first kappa shape index (κ1) is 12.0. The van der Waals surface area contributed by atoms with Gasteiger partial charge < -0.3 is 9.88 Å². The van der Waals surface area contributed by atoms with E-state index in [1.54, 1.807) is 6.33 Å². The van der Waals surface area contributed by atoms with E-state index in [0.717, 1.165) is 25.3 Å². The second-order valence-electron chi connectivity index (χ2n) is 5.37. The van der Waals surface area contributed by atoms with Crippen molar-refractivity contribution in [1.82, 2.24) is 20.1 Å². The molecule has 3 rings (SSSR count). The largest absolute Gasteiger partial charge is 0.315 e. The maximum absolute atomic E-state index is 13.2. The lowest BCUT2D eigenvalue weighted by Gasteiger charge is -2.28. The minimum atomic E-state index is -2.48. The molecule has 0 radical (unpaired) electrons. The number of nitrogens with one attached hydrogen (secondary N) is 1. The van der Waals surface area contributed by atoms with E-state index in [1.165, 1.54) is 0 Å². The van der Waals surface area contributed by atoms with Crippen LogP contribution in [-0.2, 0) is 0 Å². The highest BCUT2D eigenvalue weighted by Gasteiger charge is 2.37. The van der Waals surface area contributed by atoms with Gasteiger partial charge in [-0.15, -0.1) is 10.2 Å². The molecule has 2 heterocycles. The Balaban J connectivity index is 1.75. The number of hydrogen-bond acceptors (Lipinski definition) is 3. The van der Waals surface area contributed by atoms with Crippen LogP contribution < -0.4 is 5.32 Å². The first-order valence-electron chi connectivity index (χ1n) is 6.64. The quantitative estimate of drug-likeness (QED) is 0.881. The van der Waals surface area contributed by atoms with Crippen LogP contribution in [0.3, 0.4) is 0 Å². The van der Waals surface area contributed by atoms with Gasteiger partial charge in [-0.3, -0.25) is 0 Å². The number of halogens is 2. The molecular formula is C12H18F2N4. The summed E-state index contributed by atoms with van der Waals surface area (Å²) in [6, 6.07) is 0.387. The van der Waals surface area contributed by atoms with Gasteiger partial charge in [0.15, 0.2) is 0 Å². The molecule has 2 aliphatic rings. The summed E-state index contributed by atoms with van der Waals surface area (Å²) in [5.41, 5.74) is 0. The highest BCUT2D eigenvalue weighted by atomic mass is 19.3. The number of alkyl halides is 2. The molecule has 1 aliphatic heterocycles. The molecule has 0 spiro atoms. The third-order valence-electron chi connectivity index (χ3n) is 4.11. The predicted octanol–water partition coefficient (Wildman–Crippen LogP) is 2.11. The van der Waals surface area contributed by atoms with Crippen molar-refractivity contribution in [2.45, 2.75) is 50.0 Å². The van der Waals surface area contributed by atoms with E-state index in [0.29, 0.717) is 18.9 Å². The van der Waals surface area contributed by atoms with Crippen molar-refractivity contribution < 1.29 is 8.78 Å². The van der Waals surface area contributed by atoms with Crippen LogP contribution in [0.1, 0.15) is 49.9 Å². The zero-order valence-corrected chi connectivity index (χ0v) is 10.3. The molecule has 100 valence electrons. The van der Waals surface area contributed by atoms with Gasteiger partial charge in [0.25, 0.3) is 0 Å². The molecule has 4 nitrogen and oxygen atoms in total. The molecule has 0 amide bonds. The Kier molecular flexibility index (Phi) is 3.05. The van der Waals surface area contributed by atoms with Gasteiger partial charge in [0.05, 0.1) is 0 Å². The molecule has 1 atom stereocenters. The maximum Gasteiger partial charge on any atom is 0.248 e. The predicted molar refractivity (Wildman–Crippen MR) is 62.7 cm³/mol. The van der Waals surface area contributed by atoms with E-state index >= 15 is 0 Å². The lowest BCUT2D eigenvalue weighted by atomic mass is 9.86. The van der Waals surface area contributed by atoms with Gasteiger partial charge in [-0.25, -0.2) is 8.78 Å². The monoisotopic (exact) mass is 256 g/mol. The topological polar surface area (TPSA) is 42.7 Å². The van der Waals surface area contributed by atoms with Gasteiger partial charge in [0, 0.05) is 31.3 Å². The molecule has 0 bridgehead atoms. The zero-order valence-electron chi connectivity index (χ0n) is 10.3. The van der Waals surface area contributed by atoms with Crippen molar-refractivity contribution >= 4 is 0 Å². The van der Waals surface area contributed by atoms with Crippen LogP contribution in [0.4, 0.5) is 8.78 Å². The lowest BCUT2D eigenvalue weighted by Crippen LogP contribution is -2.26. The maximum atomic E-state index is 13.2. The Morgan fingerprint density at radius 3 is 2.72 bits per heavy atom. The summed E-state index contributed by atoms with van der Waals surface area (Å²) in [4.78, 5) is 0. The zero-order chi connectivity index (χ0) is 12.6. The fourth-order valence-corrected chi connectivity index (χ4v) is 3.00. The Labute approximate surface area is 105 Å². The number of nitrogens with zero attached hydrogens (tertiary/aromatic N) is 3. The molecule has 0 aromatic carbocycles. The van der Waals surface area contributed by atoms with E-state index in [4.69, 9.17) is 0 Å². The van der Waals surface area contributed by atoms with Crippen molar-refractivity contribution in [3.8, 4) is 0 Å². The molecule has 1 aromatic rings. The van der Waals surface area contributed by atoms with E-state index < -0.39 is 5.92 Å². The van der Waals surface area contributed by atoms with Gasteiger partial charge in [-0.2, -0.15) is 0 Å². The number of aromatic nitrogens is 3. The van der Waals surface area contributed by atoms with Crippen LogP contribution in [0.2, 0.25) is 0 Å². The summed E-state index contributed by atoms with van der Waals surface area (Å²) in [7, 11) is 0. The van der Waals surface area contributed by atoms with Crippen molar-refractivity contribution in [1.29, 1.82) is 0 Å². The second kappa shape index (κ2) is 4.57. The smallest absolute Gasteiger partial charge is 0.248 e. The van der Waals surface area contributed by atoms with Crippen LogP contribution in [-0.4, -0.2) is 33.8 Å². The fraction of sp³-hybridized carbons (Fsp3) is 0.833. The summed E-state index contributed by atoms with van der Waals surface area (Å²) in [6.45, 7) is 1.93. The molecule has 18 heavy (non-hydrogen) atoms. The van der Waals surface area contributed by atoms with Crippen molar-refractivity contribution in [2.75, 3.05) is 13.1 Å². The molecule has 6 heteroatoms. The Hall–Kier alpha value is -1.04. The van der Waals surface area contributed by atoms with Crippen LogP contribution in [0.15, 0.2) is 6.33 Å². The average molecular weight is 256 g/mol. The summed E-state index contributed by atoms with van der Waals surface area (Å²) < 4.78 is 28.4.